The number of aromatic nitrogens is 1. The monoisotopic (exact) mass is 395 g/mol. The molecule has 0 saturated carbocycles. The van der Waals surface area contributed by atoms with E-state index < -0.39 is 29.1 Å². The van der Waals surface area contributed by atoms with Crippen molar-refractivity contribution in [3.8, 4) is 0 Å². The van der Waals surface area contributed by atoms with Crippen LogP contribution in [-0.2, 0) is 9.59 Å². The van der Waals surface area contributed by atoms with Gasteiger partial charge in [0, 0.05) is 47.3 Å². The first-order valence-electron chi connectivity index (χ1n) is 9.36. The number of para-hydroxylation sites is 1. The molecule has 1 aromatic heterocycles. The van der Waals surface area contributed by atoms with Gasteiger partial charge in [-0.15, -0.1) is 0 Å². The van der Waals surface area contributed by atoms with E-state index >= 15 is 0 Å². The van der Waals surface area contributed by atoms with Gasteiger partial charge in [-0.2, -0.15) is 0 Å². The van der Waals surface area contributed by atoms with E-state index in [1.54, 1.807) is 31.5 Å². The van der Waals surface area contributed by atoms with Crippen LogP contribution in [-0.4, -0.2) is 16.7 Å². The van der Waals surface area contributed by atoms with Gasteiger partial charge in [-0.3, -0.25) is 14.6 Å². The summed E-state index contributed by atoms with van der Waals surface area (Å²) >= 11 is 0. The van der Waals surface area contributed by atoms with Crippen LogP contribution in [0.3, 0.4) is 0 Å². The van der Waals surface area contributed by atoms with Crippen LogP contribution in [0.25, 0.3) is 0 Å². The van der Waals surface area contributed by atoms with Crippen molar-refractivity contribution in [2.45, 2.75) is 32.1 Å². The number of rotatable bonds is 3. The molecule has 1 aliphatic carbocycles. The zero-order valence-electron chi connectivity index (χ0n) is 15.8. The fourth-order valence-electron chi connectivity index (χ4n) is 3.96. The number of carbonyl (C=O) groups is 2. The van der Waals surface area contributed by atoms with E-state index in [-0.39, 0.29) is 11.4 Å². The molecule has 1 atom stereocenters. The molecular formula is C22H19F2N3O2. The SMILES string of the molecule is CC1=C(C(=O)Nc2c(F)cccc2F)[C@@H](c2cccnc2)C2=C(CCCC2=O)N1. The van der Waals surface area contributed by atoms with Gasteiger partial charge in [0.1, 0.15) is 17.3 Å². The number of pyridine rings is 1. The predicted octanol–water partition coefficient (Wildman–Crippen LogP) is 3.97. The second-order valence-electron chi connectivity index (χ2n) is 7.10. The smallest absolute Gasteiger partial charge is 0.254 e. The number of amides is 1. The quantitative estimate of drug-likeness (QED) is 0.825. The molecule has 7 heteroatoms. The summed E-state index contributed by atoms with van der Waals surface area (Å²) in [4.78, 5) is 30.0. The lowest BCUT2D eigenvalue weighted by atomic mass is 9.75. The lowest BCUT2D eigenvalue weighted by Crippen LogP contribution is -2.35. The lowest BCUT2D eigenvalue weighted by molar-refractivity contribution is -0.116. The standard InChI is InChI=1S/C22H19F2N3O2/c1-12-18(22(29)27-21-14(23)6-2-7-15(21)24)19(13-5-4-10-25-11-13)20-16(26-12)8-3-9-17(20)28/h2,4-7,10-11,19,26H,3,8-9H2,1H3,(H,27,29)/t19-/m1/s1. The molecule has 2 aliphatic rings. The highest BCUT2D eigenvalue weighted by atomic mass is 19.1. The zero-order valence-corrected chi connectivity index (χ0v) is 15.8. The number of ketones is 1. The van der Waals surface area contributed by atoms with Gasteiger partial charge in [0.25, 0.3) is 5.91 Å². The molecule has 1 aliphatic heterocycles. The molecule has 0 spiro atoms. The minimum atomic E-state index is -0.869. The molecule has 0 radical (unpaired) electrons. The van der Waals surface area contributed by atoms with Crippen molar-refractivity contribution < 1.29 is 18.4 Å². The number of hydrogen-bond acceptors (Lipinski definition) is 4. The normalized spacial score (nSPS) is 19.0. The van der Waals surface area contributed by atoms with Crippen LogP contribution in [0.4, 0.5) is 14.5 Å². The lowest BCUT2D eigenvalue weighted by Gasteiger charge is -2.34. The molecular weight excluding hydrogens is 376 g/mol. The molecule has 0 fully saturated rings. The van der Waals surface area contributed by atoms with E-state index in [4.69, 9.17) is 0 Å². The molecule has 0 saturated heterocycles. The summed E-state index contributed by atoms with van der Waals surface area (Å²) in [5.41, 5.74) is 2.26. The number of carbonyl (C=O) groups excluding carboxylic acids is 2. The Kier molecular flexibility index (Phi) is 4.96. The number of hydrogen-bond donors (Lipinski definition) is 2. The molecule has 2 heterocycles. The maximum atomic E-state index is 14.1. The summed E-state index contributed by atoms with van der Waals surface area (Å²) in [6.45, 7) is 1.72. The number of dihydropyridines is 1. The number of nitrogens with one attached hydrogen (secondary N) is 2. The molecule has 0 bridgehead atoms. The topological polar surface area (TPSA) is 71.1 Å². The minimum Gasteiger partial charge on any atom is -0.362 e. The Labute approximate surface area is 166 Å². The summed E-state index contributed by atoms with van der Waals surface area (Å²) in [6.07, 6.45) is 5.04. The number of anilines is 1. The molecule has 148 valence electrons. The van der Waals surface area contributed by atoms with Crippen LogP contribution < -0.4 is 10.6 Å². The summed E-state index contributed by atoms with van der Waals surface area (Å²) in [5, 5.41) is 5.51. The van der Waals surface area contributed by atoms with Gasteiger partial charge >= 0.3 is 0 Å². The summed E-state index contributed by atoms with van der Waals surface area (Å²) in [5.74, 6) is -3.10. The first-order valence-corrected chi connectivity index (χ1v) is 9.36. The molecule has 1 aromatic carbocycles. The first-order chi connectivity index (χ1) is 14.0. The Hall–Kier alpha value is -3.35. The van der Waals surface area contributed by atoms with E-state index in [2.05, 4.69) is 15.6 Å². The van der Waals surface area contributed by atoms with Crippen LogP contribution in [0.1, 0.15) is 37.7 Å². The summed E-state index contributed by atoms with van der Waals surface area (Å²) < 4.78 is 28.1. The Balaban J connectivity index is 1.80. The van der Waals surface area contributed by atoms with Crippen molar-refractivity contribution in [1.82, 2.24) is 10.3 Å². The first kappa shape index (κ1) is 19.0. The van der Waals surface area contributed by atoms with Crippen molar-refractivity contribution >= 4 is 17.4 Å². The van der Waals surface area contributed by atoms with Crippen molar-refractivity contribution in [2.24, 2.45) is 0 Å². The molecule has 29 heavy (non-hydrogen) atoms. The van der Waals surface area contributed by atoms with Crippen LogP contribution in [0.15, 0.2) is 65.3 Å². The van der Waals surface area contributed by atoms with Crippen molar-refractivity contribution in [3.63, 3.8) is 0 Å². The summed E-state index contributed by atoms with van der Waals surface area (Å²) in [6, 6.07) is 6.89. The van der Waals surface area contributed by atoms with Gasteiger partial charge in [-0.25, -0.2) is 8.78 Å². The fraction of sp³-hybridized carbons (Fsp3) is 0.227. The number of nitrogens with zero attached hydrogens (tertiary/aromatic N) is 1. The van der Waals surface area contributed by atoms with Gasteiger partial charge < -0.3 is 10.6 Å². The van der Waals surface area contributed by atoms with E-state index in [0.29, 0.717) is 29.7 Å². The average Bonchev–Trinajstić information content (AvgIpc) is 2.70. The van der Waals surface area contributed by atoms with Crippen LogP contribution in [0.2, 0.25) is 0 Å². The molecule has 4 rings (SSSR count). The Bertz CT molecular complexity index is 1040. The number of allylic oxidation sites excluding steroid dienone is 3. The zero-order chi connectivity index (χ0) is 20.5. The van der Waals surface area contributed by atoms with Crippen molar-refractivity contribution in [3.05, 3.63) is 82.5 Å². The van der Waals surface area contributed by atoms with Crippen LogP contribution in [0, 0.1) is 11.6 Å². The van der Waals surface area contributed by atoms with Gasteiger partial charge in [0.15, 0.2) is 5.78 Å². The van der Waals surface area contributed by atoms with E-state index in [0.717, 1.165) is 24.3 Å². The predicted molar refractivity (Wildman–Crippen MR) is 104 cm³/mol. The second-order valence-corrected chi connectivity index (χ2v) is 7.10. The van der Waals surface area contributed by atoms with Crippen molar-refractivity contribution in [1.29, 1.82) is 0 Å². The van der Waals surface area contributed by atoms with E-state index in [1.165, 1.54) is 6.07 Å². The number of Topliss-reactive ketones (excluding diaryl/α,β-unsaturated/α-hetero) is 1. The molecule has 5 nitrogen and oxygen atoms in total. The maximum absolute atomic E-state index is 14.1. The van der Waals surface area contributed by atoms with Gasteiger partial charge in [-0.05, 0) is 43.5 Å². The van der Waals surface area contributed by atoms with Gasteiger partial charge in [-0.1, -0.05) is 12.1 Å². The third-order valence-corrected chi connectivity index (χ3v) is 5.24. The third kappa shape index (κ3) is 3.44. The minimum absolute atomic E-state index is 0.0394. The Morgan fingerprint density at radius 1 is 1.17 bits per heavy atom. The number of halogens is 2. The van der Waals surface area contributed by atoms with Crippen LogP contribution in [0.5, 0.6) is 0 Å². The van der Waals surface area contributed by atoms with E-state index in [9.17, 15) is 18.4 Å². The highest BCUT2D eigenvalue weighted by Gasteiger charge is 2.38. The Morgan fingerprint density at radius 3 is 2.62 bits per heavy atom. The molecule has 2 aromatic rings. The number of benzene rings is 1. The molecule has 0 unspecified atom stereocenters. The van der Waals surface area contributed by atoms with Gasteiger partial charge in [0.05, 0.1) is 0 Å². The fourth-order valence-corrected chi connectivity index (χ4v) is 3.96. The van der Waals surface area contributed by atoms with E-state index in [1.807, 2.05) is 0 Å². The van der Waals surface area contributed by atoms with Crippen molar-refractivity contribution in [2.75, 3.05) is 5.32 Å². The highest BCUT2D eigenvalue weighted by Crippen LogP contribution is 2.42. The molecule has 1 amide bonds. The average molecular weight is 395 g/mol. The third-order valence-electron chi connectivity index (χ3n) is 5.24. The maximum Gasteiger partial charge on any atom is 0.254 e. The highest BCUT2D eigenvalue weighted by molar-refractivity contribution is 6.09. The molecule has 2 N–H and O–H groups in total. The summed E-state index contributed by atoms with van der Waals surface area (Å²) in [7, 11) is 0. The van der Waals surface area contributed by atoms with Crippen LogP contribution >= 0.6 is 0 Å². The largest absolute Gasteiger partial charge is 0.362 e. The Morgan fingerprint density at radius 2 is 1.93 bits per heavy atom. The second kappa shape index (κ2) is 7.58. The van der Waals surface area contributed by atoms with Gasteiger partial charge in [0.2, 0.25) is 0 Å².